The molecule has 6 nitrogen and oxygen atoms in total. The third-order valence-electron chi connectivity index (χ3n) is 4.24. The first-order chi connectivity index (χ1) is 13.6. The van der Waals surface area contributed by atoms with Crippen molar-refractivity contribution in [3.05, 3.63) is 77.9 Å². The number of ether oxygens (including phenoxy) is 3. The fraction of sp³-hybridized carbons (Fsp3) is 0.0909. The van der Waals surface area contributed by atoms with Crippen molar-refractivity contribution in [3.63, 3.8) is 0 Å². The minimum absolute atomic E-state index is 0.0902. The molecule has 0 aromatic heterocycles. The van der Waals surface area contributed by atoms with E-state index in [-0.39, 0.29) is 18.5 Å². The SMILES string of the molecule is CC(=O)c1cc2c(cc1NC(=O)c1ccc(Oc3ccccc3)cc1)OCO2. The summed E-state index contributed by atoms with van der Waals surface area (Å²) in [5.74, 6) is 1.80. The molecule has 4 rings (SSSR count). The topological polar surface area (TPSA) is 73.9 Å². The number of ketones is 1. The number of rotatable bonds is 5. The van der Waals surface area contributed by atoms with Crippen LogP contribution in [0.4, 0.5) is 5.69 Å². The van der Waals surface area contributed by atoms with E-state index in [0.717, 1.165) is 0 Å². The second kappa shape index (κ2) is 7.44. The van der Waals surface area contributed by atoms with Gasteiger partial charge in [0, 0.05) is 17.2 Å². The molecule has 0 aliphatic carbocycles. The second-order valence-corrected chi connectivity index (χ2v) is 6.20. The average molecular weight is 375 g/mol. The number of nitrogens with one attached hydrogen (secondary N) is 1. The fourth-order valence-corrected chi connectivity index (χ4v) is 2.83. The van der Waals surface area contributed by atoms with Crippen molar-refractivity contribution < 1.29 is 23.8 Å². The number of amides is 1. The van der Waals surface area contributed by atoms with Crippen LogP contribution in [-0.4, -0.2) is 18.5 Å². The summed E-state index contributed by atoms with van der Waals surface area (Å²) in [5.41, 5.74) is 1.18. The number of benzene rings is 3. The van der Waals surface area contributed by atoms with Gasteiger partial charge in [0.15, 0.2) is 17.3 Å². The van der Waals surface area contributed by atoms with Gasteiger partial charge in [0.25, 0.3) is 5.91 Å². The number of para-hydroxylation sites is 1. The molecule has 6 heteroatoms. The molecule has 0 unspecified atom stereocenters. The van der Waals surface area contributed by atoms with Crippen molar-refractivity contribution >= 4 is 17.4 Å². The van der Waals surface area contributed by atoms with Gasteiger partial charge in [-0.15, -0.1) is 0 Å². The van der Waals surface area contributed by atoms with E-state index in [4.69, 9.17) is 14.2 Å². The van der Waals surface area contributed by atoms with E-state index in [1.807, 2.05) is 30.3 Å². The molecule has 140 valence electrons. The number of hydrogen-bond donors (Lipinski definition) is 1. The summed E-state index contributed by atoms with van der Waals surface area (Å²) >= 11 is 0. The van der Waals surface area contributed by atoms with E-state index in [9.17, 15) is 9.59 Å². The van der Waals surface area contributed by atoms with E-state index >= 15 is 0 Å². The molecular formula is C22H17NO5. The van der Waals surface area contributed by atoms with Gasteiger partial charge in [-0.1, -0.05) is 18.2 Å². The van der Waals surface area contributed by atoms with Gasteiger partial charge in [0.2, 0.25) is 6.79 Å². The van der Waals surface area contributed by atoms with Crippen molar-refractivity contribution in [1.82, 2.24) is 0 Å². The van der Waals surface area contributed by atoms with Gasteiger partial charge in [-0.25, -0.2) is 0 Å². The molecule has 3 aromatic rings. The Labute approximate surface area is 161 Å². The summed E-state index contributed by atoms with van der Waals surface area (Å²) < 4.78 is 16.4. The van der Waals surface area contributed by atoms with Crippen LogP contribution < -0.4 is 19.5 Å². The summed E-state index contributed by atoms with van der Waals surface area (Å²) in [6.07, 6.45) is 0. The number of hydrogen-bond acceptors (Lipinski definition) is 5. The molecule has 1 amide bonds. The van der Waals surface area contributed by atoms with E-state index in [2.05, 4.69) is 5.32 Å². The van der Waals surface area contributed by atoms with Gasteiger partial charge >= 0.3 is 0 Å². The molecule has 0 atom stereocenters. The highest BCUT2D eigenvalue weighted by Gasteiger charge is 2.20. The molecule has 1 aliphatic heterocycles. The standard InChI is InChI=1S/C22H17NO5/c1-14(24)18-11-20-21(27-13-26-20)12-19(18)23-22(25)15-7-9-17(10-8-15)28-16-5-3-2-4-6-16/h2-12H,13H2,1H3,(H,23,25). The van der Waals surface area contributed by atoms with Crippen LogP contribution >= 0.6 is 0 Å². The Balaban J connectivity index is 1.52. The lowest BCUT2D eigenvalue weighted by atomic mass is 10.1. The molecule has 1 heterocycles. The minimum Gasteiger partial charge on any atom is -0.457 e. The first kappa shape index (κ1) is 17.6. The molecular weight excluding hydrogens is 358 g/mol. The molecule has 0 bridgehead atoms. The second-order valence-electron chi connectivity index (χ2n) is 6.20. The van der Waals surface area contributed by atoms with Crippen molar-refractivity contribution in [2.45, 2.75) is 6.92 Å². The minimum atomic E-state index is -0.340. The van der Waals surface area contributed by atoms with Crippen LogP contribution in [0.3, 0.4) is 0 Å². The van der Waals surface area contributed by atoms with Gasteiger partial charge in [0.1, 0.15) is 11.5 Å². The lowest BCUT2D eigenvalue weighted by Crippen LogP contribution is -2.14. The first-order valence-corrected chi connectivity index (χ1v) is 8.69. The highest BCUT2D eigenvalue weighted by molar-refractivity contribution is 6.09. The summed E-state index contributed by atoms with van der Waals surface area (Å²) in [4.78, 5) is 24.6. The van der Waals surface area contributed by atoms with E-state index in [0.29, 0.717) is 39.8 Å². The summed E-state index contributed by atoms with van der Waals surface area (Å²) in [6, 6.07) is 19.3. The van der Waals surface area contributed by atoms with Gasteiger partial charge in [-0.05, 0) is 49.4 Å². The predicted octanol–water partition coefficient (Wildman–Crippen LogP) is 4.66. The number of carbonyl (C=O) groups excluding carboxylic acids is 2. The van der Waals surface area contributed by atoms with Gasteiger partial charge in [-0.3, -0.25) is 9.59 Å². The Kier molecular flexibility index (Phi) is 4.68. The molecule has 1 N–H and O–H groups in total. The third-order valence-corrected chi connectivity index (χ3v) is 4.24. The molecule has 1 aliphatic rings. The number of Topliss-reactive ketones (excluding diaryl/α,β-unsaturated/α-hetero) is 1. The smallest absolute Gasteiger partial charge is 0.255 e. The summed E-state index contributed by atoms with van der Waals surface area (Å²) in [7, 11) is 0. The summed E-state index contributed by atoms with van der Waals surface area (Å²) in [5, 5.41) is 2.77. The van der Waals surface area contributed by atoms with Crippen LogP contribution in [0.25, 0.3) is 0 Å². The predicted molar refractivity (Wildman–Crippen MR) is 103 cm³/mol. The maximum Gasteiger partial charge on any atom is 0.255 e. The fourth-order valence-electron chi connectivity index (χ4n) is 2.83. The Bertz CT molecular complexity index is 1030. The maximum atomic E-state index is 12.6. The number of anilines is 1. The van der Waals surface area contributed by atoms with E-state index in [1.165, 1.54) is 6.92 Å². The molecule has 0 spiro atoms. The lowest BCUT2D eigenvalue weighted by molar-refractivity contribution is 0.101. The van der Waals surface area contributed by atoms with Crippen molar-refractivity contribution in [2.24, 2.45) is 0 Å². The normalized spacial score (nSPS) is 11.8. The quantitative estimate of drug-likeness (QED) is 0.657. The van der Waals surface area contributed by atoms with Crippen LogP contribution in [0.2, 0.25) is 0 Å². The van der Waals surface area contributed by atoms with Gasteiger partial charge in [0.05, 0.1) is 5.69 Å². The van der Waals surface area contributed by atoms with Crippen molar-refractivity contribution in [1.29, 1.82) is 0 Å². The van der Waals surface area contributed by atoms with Crippen LogP contribution in [0.15, 0.2) is 66.7 Å². The molecule has 0 saturated heterocycles. The van der Waals surface area contributed by atoms with Crippen LogP contribution in [-0.2, 0) is 0 Å². The van der Waals surface area contributed by atoms with Crippen LogP contribution in [0.1, 0.15) is 27.6 Å². The number of fused-ring (bicyclic) bond motifs is 1. The zero-order chi connectivity index (χ0) is 19.5. The zero-order valence-electron chi connectivity index (χ0n) is 15.1. The van der Waals surface area contributed by atoms with Crippen LogP contribution in [0.5, 0.6) is 23.0 Å². The molecule has 0 radical (unpaired) electrons. The number of carbonyl (C=O) groups is 2. The Morgan fingerprint density at radius 2 is 1.54 bits per heavy atom. The largest absolute Gasteiger partial charge is 0.457 e. The lowest BCUT2D eigenvalue weighted by Gasteiger charge is -2.11. The highest BCUT2D eigenvalue weighted by atomic mass is 16.7. The van der Waals surface area contributed by atoms with E-state index < -0.39 is 0 Å². The molecule has 0 fully saturated rings. The van der Waals surface area contributed by atoms with Gasteiger partial charge < -0.3 is 19.5 Å². The van der Waals surface area contributed by atoms with Gasteiger partial charge in [-0.2, -0.15) is 0 Å². The Hall–Kier alpha value is -3.80. The zero-order valence-corrected chi connectivity index (χ0v) is 15.1. The third kappa shape index (κ3) is 3.66. The molecule has 0 saturated carbocycles. The average Bonchev–Trinajstić information content (AvgIpc) is 3.16. The van der Waals surface area contributed by atoms with Crippen molar-refractivity contribution in [2.75, 3.05) is 12.1 Å². The molecule has 3 aromatic carbocycles. The monoisotopic (exact) mass is 375 g/mol. The summed E-state index contributed by atoms with van der Waals surface area (Å²) in [6.45, 7) is 1.52. The first-order valence-electron chi connectivity index (χ1n) is 8.69. The maximum absolute atomic E-state index is 12.6. The van der Waals surface area contributed by atoms with E-state index in [1.54, 1.807) is 36.4 Å². The Morgan fingerprint density at radius 1 is 0.893 bits per heavy atom. The molecule has 28 heavy (non-hydrogen) atoms. The highest BCUT2D eigenvalue weighted by Crippen LogP contribution is 2.37. The van der Waals surface area contributed by atoms with Crippen molar-refractivity contribution in [3.8, 4) is 23.0 Å². The Morgan fingerprint density at radius 3 is 2.21 bits per heavy atom. The van der Waals surface area contributed by atoms with Crippen LogP contribution in [0, 0.1) is 0 Å².